The van der Waals surface area contributed by atoms with Gasteiger partial charge in [-0.1, -0.05) is 30.3 Å². The Morgan fingerprint density at radius 1 is 1.10 bits per heavy atom. The van der Waals surface area contributed by atoms with Gasteiger partial charge in [-0.3, -0.25) is 0 Å². The van der Waals surface area contributed by atoms with E-state index >= 15 is 0 Å². The average Bonchev–Trinajstić information content (AvgIpc) is 2.48. The molecule has 20 heavy (non-hydrogen) atoms. The zero-order chi connectivity index (χ0) is 14.4. The van der Waals surface area contributed by atoms with Gasteiger partial charge in [-0.15, -0.1) is 0 Å². The number of aromatic nitrogens is 3. The Bertz CT molecular complexity index is 547. The highest BCUT2D eigenvalue weighted by molar-refractivity contribution is 5.38. The molecule has 2 rings (SSSR count). The van der Waals surface area contributed by atoms with Crippen LogP contribution in [0.5, 0.6) is 6.01 Å². The molecule has 2 aromatic rings. The first-order valence-corrected chi connectivity index (χ1v) is 6.61. The van der Waals surface area contributed by atoms with Crippen LogP contribution < -0.4 is 15.4 Å². The lowest BCUT2D eigenvalue weighted by molar-refractivity contribution is 0.312. The lowest BCUT2D eigenvalue weighted by Crippen LogP contribution is -2.12. The Kier molecular flexibility index (Phi) is 4.70. The van der Waals surface area contributed by atoms with Gasteiger partial charge in [-0.25, -0.2) is 0 Å². The number of nitrogens with one attached hydrogen (secondary N) is 2. The first kappa shape index (κ1) is 14.0. The van der Waals surface area contributed by atoms with E-state index in [9.17, 15) is 0 Å². The summed E-state index contributed by atoms with van der Waals surface area (Å²) in [4.78, 5) is 12.6. The highest BCUT2D eigenvalue weighted by Crippen LogP contribution is 2.18. The van der Waals surface area contributed by atoms with E-state index in [1.807, 2.05) is 25.1 Å². The van der Waals surface area contributed by atoms with Crippen molar-refractivity contribution in [3.63, 3.8) is 0 Å². The summed E-state index contributed by atoms with van der Waals surface area (Å²) in [5.74, 6) is 0.968. The molecule has 1 aromatic carbocycles. The van der Waals surface area contributed by atoms with Crippen molar-refractivity contribution in [2.45, 2.75) is 19.9 Å². The summed E-state index contributed by atoms with van der Waals surface area (Å²) in [7, 11) is 1.76. The van der Waals surface area contributed by atoms with E-state index in [1.165, 1.54) is 0 Å². The second-order valence-electron chi connectivity index (χ2n) is 4.22. The van der Waals surface area contributed by atoms with Crippen LogP contribution in [0.2, 0.25) is 0 Å². The second-order valence-corrected chi connectivity index (χ2v) is 4.22. The third kappa shape index (κ3) is 3.57. The van der Waals surface area contributed by atoms with Gasteiger partial charge in [0.1, 0.15) is 0 Å². The SMILES string of the molecule is CCOc1nc(NC)nc(NC(C)c2ccccc2)n1. The molecule has 1 heterocycles. The molecule has 0 amide bonds. The minimum atomic E-state index is 0.0952. The molecule has 2 N–H and O–H groups in total. The van der Waals surface area contributed by atoms with Crippen LogP contribution in [0.15, 0.2) is 30.3 Å². The van der Waals surface area contributed by atoms with Crippen molar-refractivity contribution in [1.29, 1.82) is 0 Å². The van der Waals surface area contributed by atoms with E-state index < -0.39 is 0 Å². The Morgan fingerprint density at radius 2 is 1.80 bits per heavy atom. The molecule has 0 aliphatic heterocycles. The van der Waals surface area contributed by atoms with Gasteiger partial charge >= 0.3 is 6.01 Å². The molecule has 0 saturated heterocycles. The summed E-state index contributed by atoms with van der Waals surface area (Å²) in [5.41, 5.74) is 1.16. The largest absolute Gasteiger partial charge is 0.464 e. The van der Waals surface area contributed by atoms with Crippen molar-refractivity contribution in [2.75, 3.05) is 24.3 Å². The lowest BCUT2D eigenvalue weighted by Gasteiger charge is -2.15. The Balaban J connectivity index is 2.17. The first-order valence-electron chi connectivity index (χ1n) is 6.61. The van der Waals surface area contributed by atoms with E-state index in [1.54, 1.807) is 7.05 Å². The van der Waals surface area contributed by atoms with Crippen LogP contribution in [-0.4, -0.2) is 28.6 Å². The summed E-state index contributed by atoms with van der Waals surface area (Å²) < 4.78 is 5.33. The molecule has 0 aliphatic carbocycles. The van der Waals surface area contributed by atoms with E-state index in [-0.39, 0.29) is 6.04 Å². The molecule has 0 bridgehead atoms. The molecule has 1 atom stereocenters. The molecular formula is C14H19N5O. The molecule has 0 spiro atoms. The number of hydrogen-bond donors (Lipinski definition) is 2. The molecular weight excluding hydrogens is 254 g/mol. The third-order valence-electron chi connectivity index (χ3n) is 2.76. The molecule has 1 aromatic heterocycles. The topological polar surface area (TPSA) is 72.0 Å². The van der Waals surface area contributed by atoms with Gasteiger partial charge in [0, 0.05) is 7.05 Å². The van der Waals surface area contributed by atoms with Crippen LogP contribution in [-0.2, 0) is 0 Å². The van der Waals surface area contributed by atoms with E-state index in [0.29, 0.717) is 24.5 Å². The van der Waals surface area contributed by atoms with E-state index in [2.05, 4.69) is 44.6 Å². The van der Waals surface area contributed by atoms with Gasteiger partial charge in [-0.05, 0) is 19.4 Å². The fourth-order valence-corrected chi connectivity index (χ4v) is 1.75. The van der Waals surface area contributed by atoms with Crippen molar-refractivity contribution in [2.24, 2.45) is 0 Å². The van der Waals surface area contributed by atoms with Gasteiger partial charge in [0.05, 0.1) is 12.6 Å². The maximum absolute atomic E-state index is 5.33. The third-order valence-corrected chi connectivity index (χ3v) is 2.76. The highest BCUT2D eigenvalue weighted by Gasteiger charge is 2.10. The Labute approximate surface area is 118 Å². The average molecular weight is 273 g/mol. The fraction of sp³-hybridized carbons (Fsp3) is 0.357. The molecule has 0 aliphatic rings. The predicted octanol–water partition coefficient (Wildman–Crippen LogP) is 2.49. The molecule has 0 fully saturated rings. The summed E-state index contributed by atoms with van der Waals surface area (Å²) in [6, 6.07) is 10.5. The van der Waals surface area contributed by atoms with Gasteiger partial charge in [0.25, 0.3) is 0 Å². The van der Waals surface area contributed by atoms with Crippen molar-refractivity contribution >= 4 is 11.9 Å². The fourth-order valence-electron chi connectivity index (χ4n) is 1.75. The summed E-state index contributed by atoms with van der Waals surface area (Å²) in [6.07, 6.45) is 0. The second kappa shape index (κ2) is 6.70. The minimum absolute atomic E-state index is 0.0952. The van der Waals surface area contributed by atoms with Crippen molar-refractivity contribution in [3.05, 3.63) is 35.9 Å². The molecule has 6 heteroatoms. The molecule has 6 nitrogen and oxygen atoms in total. The number of hydrogen-bond acceptors (Lipinski definition) is 6. The van der Waals surface area contributed by atoms with Gasteiger partial charge in [0.15, 0.2) is 0 Å². The van der Waals surface area contributed by atoms with Crippen molar-refractivity contribution < 1.29 is 4.74 Å². The Morgan fingerprint density at radius 3 is 2.45 bits per heavy atom. The number of benzene rings is 1. The molecule has 106 valence electrons. The zero-order valence-electron chi connectivity index (χ0n) is 11.9. The summed E-state index contributed by atoms with van der Waals surface area (Å²) in [6.45, 7) is 4.46. The number of rotatable bonds is 6. The molecule has 0 saturated carbocycles. The predicted molar refractivity (Wildman–Crippen MR) is 79.0 cm³/mol. The van der Waals surface area contributed by atoms with E-state index in [4.69, 9.17) is 4.74 Å². The van der Waals surface area contributed by atoms with Crippen LogP contribution in [0, 0.1) is 0 Å². The van der Waals surface area contributed by atoms with Crippen LogP contribution >= 0.6 is 0 Å². The van der Waals surface area contributed by atoms with Crippen LogP contribution in [0.3, 0.4) is 0 Å². The summed E-state index contributed by atoms with van der Waals surface area (Å²) in [5, 5.41) is 6.15. The van der Waals surface area contributed by atoms with Crippen molar-refractivity contribution in [1.82, 2.24) is 15.0 Å². The standard InChI is InChI=1S/C14H19N5O/c1-4-20-14-18-12(15-3)17-13(19-14)16-10(2)11-8-6-5-7-9-11/h5-10H,4H2,1-3H3,(H2,15,16,17,18,19). The van der Waals surface area contributed by atoms with Crippen LogP contribution in [0.1, 0.15) is 25.5 Å². The quantitative estimate of drug-likeness (QED) is 0.842. The number of ether oxygens (including phenoxy) is 1. The lowest BCUT2D eigenvalue weighted by atomic mass is 10.1. The van der Waals surface area contributed by atoms with Crippen LogP contribution in [0.4, 0.5) is 11.9 Å². The maximum Gasteiger partial charge on any atom is 0.323 e. The normalized spacial score (nSPS) is 11.8. The summed E-state index contributed by atoms with van der Waals surface area (Å²) >= 11 is 0. The number of anilines is 2. The van der Waals surface area contributed by atoms with Gasteiger partial charge in [0.2, 0.25) is 11.9 Å². The Hall–Kier alpha value is -2.37. The first-order chi connectivity index (χ1) is 9.72. The molecule has 0 radical (unpaired) electrons. The van der Waals surface area contributed by atoms with Gasteiger partial charge < -0.3 is 15.4 Å². The monoisotopic (exact) mass is 273 g/mol. The molecule has 1 unspecified atom stereocenters. The van der Waals surface area contributed by atoms with Crippen molar-refractivity contribution in [3.8, 4) is 6.01 Å². The maximum atomic E-state index is 5.33. The highest BCUT2D eigenvalue weighted by atomic mass is 16.5. The number of nitrogens with zero attached hydrogens (tertiary/aromatic N) is 3. The van der Waals surface area contributed by atoms with Crippen LogP contribution in [0.25, 0.3) is 0 Å². The van der Waals surface area contributed by atoms with Gasteiger partial charge in [-0.2, -0.15) is 15.0 Å². The minimum Gasteiger partial charge on any atom is -0.464 e. The van der Waals surface area contributed by atoms with E-state index in [0.717, 1.165) is 5.56 Å². The zero-order valence-corrected chi connectivity index (χ0v) is 11.9. The smallest absolute Gasteiger partial charge is 0.323 e.